The fourth-order valence-electron chi connectivity index (χ4n) is 2.66. The van der Waals surface area contributed by atoms with Crippen molar-refractivity contribution >= 4 is 11.6 Å². The molecule has 0 radical (unpaired) electrons. The number of para-hydroxylation sites is 1. The number of carbonyl (C=O) groups excluding carboxylic acids is 1. The van der Waals surface area contributed by atoms with Crippen LogP contribution in [0.5, 0.6) is 0 Å². The molecule has 0 saturated heterocycles. The monoisotopic (exact) mass is 285 g/mol. The molecule has 0 aliphatic heterocycles. The minimum absolute atomic E-state index is 0.193. The summed E-state index contributed by atoms with van der Waals surface area (Å²) in [5.41, 5.74) is 2.88. The van der Waals surface area contributed by atoms with Crippen LogP contribution in [0, 0.1) is 12.8 Å². The predicted octanol–water partition coefficient (Wildman–Crippen LogP) is 4.99. The van der Waals surface area contributed by atoms with Gasteiger partial charge in [0, 0.05) is 11.3 Å². The Bertz CT molecular complexity index is 613. The largest absolute Gasteiger partial charge is 0.459 e. The molecule has 3 nitrogen and oxygen atoms in total. The molecule has 1 N–H and O–H groups in total. The highest BCUT2D eigenvalue weighted by atomic mass is 16.3. The molecule has 0 aliphatic carbocycles. The Labute approximate surface area is 126 Å². The molecule has 0 fully saturated rings. The molecule has 1 aromatic carbocycles. The van der Waals surface area contributed by atoms with Gasteiger partial charge in [-0.25, -0.2) is 0 Å². The Hall–Kier alpha value is -2.03. The van der Waals surface area contributed by atoms with E-state index < -0.39 is 0 Å². The van der Waals surface area contributed by atoms with Crippen LogP contribution in [0.4, 0.5) is 5.69 Å². The first kappa shape index (κ1) is 15.4. The van der Waals surface area contributed by atoms with E-state index in [0.717, 1.165) is 17.7 Å². The van der Waals surface area contributed by atoms with Crippen molar-refractivity contribution in [3.8, 4) is 0 Å². The second kappa shape index (κ2) is 6.61. The predicted molar refractivity (Wildman–Crippen MR) is 85.7 cm³/mol. The number of aryl methyl sites for hydroxylation is 1. The van der Waals surface area contributed by atoms with Crippen LogP contribution < -0.4 is 5.32 Å². The van der Waals surface area contributed by atoms with Crippen molar-refractivity contribution in [2.24, 2.45) is 5.92 Å². The molecular weight excluding hydrogens is 262 g/mol. The molecule has 21 heavy (non-hydrogen) atoms. The van der Waals surface area contributed by atoms with Crippen molar-refractivity contribution in [2.45, 2.75) is 40.0 Å². The van der Waals surface area contributed by atoms with E-state index in [1.165, 1.54) is 11.8 Å². The van der Waals surface area contributed by atoms with Gasteiger partial charge in [-0.05, 0) is 42.9 Å². The third-order valence-corrected chi connectivity index (χ3v) is 3.63. The molecule has 0 spiro atoms. The summed E-state index contributed by atoms with van der Waals surface area (Å²) in [6, 6.07) is 9.78. The Kier molecular flexibility index (Phi) is 4.84. The first-order valence-electron chi connectivity index (χ1n) is 7.43. The van der Waals surface area contributed by atoms with Gasteiger partial charge in [-0.15, -0.1) is 0 Å². The van der Waals surface area contributed by atoms with Crippen molar-refractivity contribution in [1.82, 2.24) is 0 Å². The zero-order valence-corrected chi connectivity index (χ0v) is 13.1. The van der Waals surface area contributed by atoms with Gasteiger partial charge in [0.25, 0.3) is 5.91 Å². The fourth-order valence-corrected chi connectivity index (χ4v) is 2.66. The number of amides is 1. The summed E-state index contributed by atoms with van der Waals surface area (Å²) in [5.74, 6) is 1.21. The third-order valence-electron chi connectivity index (χ3n) is 3.63. The molecule has 1 heterocycles. The quantitative estimate of drug-likeness (QED) is 0.841. The van der Waals surface area contributed by atoms with Gasteiger partial charge in [0.1, 0.15) is 0 Å². The van der Waals surface area contributed by atoms with Gasteiger partial charge >= 0.3 is 0 Å². The highest BCUT2D eigenvalue weighted by Crippen LogP contribution is 2.29. The molecule has 2 rings (SSSR count). The van der Waals surface area contributed by atoms with E-state index in [9.17, 15) is 4.79 Å². The van der Waals surface area contributed by atoms with Crippen LogP contribution in [-0.2, 0) is 0 Å². The molecule has 2 aromatic rings. The Morgan fingerprint density at radius 2 is 1.90 bits per heavy atom. The second-order valence-electron chi connectivity index (χ2n) is 6.00. The molecule has 1 aromatic heterocycles. The number of hydrogen-bond donors (Lipinski definition) is 1. The number of hydrogen-bond acceptors (Lipinski definition) is 2. The second-order valence-corrected chi connectivity index (χ2v) is 6.00. The lowest BCUT2D eigenvalue weighted by molar-refractivity contribution is 0.0995. The number of furan rings is 1. The molecule has 0 bridgehead atoms. The van der Waals surface area contributed by atoms with E-state index in [4.69, 9.17) is 4.42 Å². The van der Waals surface area contributed by atoms with Crippen molar-refractivity contribution in [3.63, 3.8) is 0 Å². The lowest BCUT2D eigenvalue weighted by Crippen LogP contribution is -2.14. The first-order chi connectivity index (χ1) is 9.99. The zero-order chi connectivity index (χ0) is 15.4. The van der Waals surface area contributed by atoms with Crippen LogP contribution in [0.2, 0.25) is 0 Å². The standard InChI is InChI=1S/C18H23NO2/c1-12(2)11-14(4)15-7-5-6-8-16(15)19-18(20)17-13(3)9-10-21-17/h5-10,12,14H,11H2,1-4H3,(H,19,20). The van der Waals surface area contributed by atoms with Gasteiger partial charge in [0.2, 0.25) is 0 Å². The summed E-state index contributed by atoms with van der Waals surface area (Å²) in [4.78, 5) is 12.3. The molecule has 1 unspecified atom stereocenters. The Morgan fingerprint density at radius 3 is 2.52 bits per heavy atom. The fraction of sp³-hybridized carbons (Fsp3) is 0.389. The van der Waals surface area contributed by atoms with Crippen LogP contribution in [0.25, 0.3) is 0 Å². The van der Waals surface area contributed by atoms with Crippen LogP contribution >= 0.6 is 0 Å². The zero-order valence-electron chi connectivity index (χ0n) is 13.1. The topological polar surface area (TPSA) is 42.2 Å². The summed E-state index contributed by atoms with van der Waals surface area (Å²) < 4.78 is 5.25. The SMILES string of the molecule is Cc1ccoc1C(=O)Nc1ccccc1C(C)CC(C)C. The highest BCUT2D eigenvalue weighted by Gasteiger charge is 2.17. The Balaban J connectivity index is 2.21. The summed E-state index contributed by atoms with van der Waals surface area (Å²) in [5, 5.41) is 2.98. The lowest BCUT2D eigenvalue weighted by atomic mass is 9.91. The van der Waals surface area contributed by atoms with Gasteiger partial charge in [0.05, 0.1) is 6.26 Å². The van der Waals surface area contributed by atoms with Gasteiger partial charge in [-0.2, -0.15) is 0 Å². The van der Waals surface area contributed by atoms with E-state index in [1.807, 2.05) is 25.1 Å². The molecule has 0 aliphatic rings. The van der Waals surface area contributed by atoms with Crippen LogP contribution in [0.1, 0.15) is 54.8 Å². The van der Waals surface area contributed by atoms with Gasteiger partial charge in [-0.1, -0.05) is 39.0 Å². The van der Waals surface area contributed by atoms with Crippen molar-refractivity contribution < 1.29 is 9.21 Å². The summed E-state index contributed by atoms with van der Waals surface area (Å²) in [7, 11) is 0. The molecule has 0 saturated carbocycles. The van der Waals surface area contributed by atoms with Gasteiger partial charge in [-0.3, -0.25) is 4.79 Å². The molecule has 112 valence electrons. The number of nitrogens with one attached hydrogen (secondary N) is 1. The third kappa shape index (κ3) is 3.75. The van der Waals surface area contributed by atoms with Gasteiger partial charge in [0.15, 0.2) is 5.76 Å². The van der Waals surface area contributed by atoms with Crippen molar-refractivity contribution in [2.75, 3.05) is 5.32 Å². The van der Waals surface area contributed by atoms with E-state index in [1.54, 1.807) is 6.07 Å². The Morgan fingerprint density at radius 1 is 1.19 bits per heavy atom. The normalized spacial score (nSPS) is 12.4. The minimum atomic E-state index is -0.193. The van der Waals surface area contributed by atoms with Crippen molar-refractivity contribution in [1.29, 1.82) is 0 Å². The number of rotatable bonds is 5. The first-order valence-corrected chi connectivity index (χ1v) is 7.43. The molecular formula is C18H23NO2. The van der Waals surface area contributed by atoms with Gasteiger partial charge < -0.3 is 9.73 Å². The summed E-state index contributed by atoms with van der Waals surface area (Å²) in [6.07, 6.45) is 2.63. The molecule has 1 amide bonds. The van der Waals surface area contributed by atoms with Crippen LogP contribution in [0.3, 0.4) is 0 Å². The maximum Gasteiger partial charge on any atom is 0.291 e. The van der Waals surface area contributed by atoms with E-state index in [0.29, 0.717) is 17.6 Å². The minimum Gasteiger partial charge on any atom is -0.459 e. The smallest absolute Gasteiger partial charge is 0.291 e. The summed E-state index contributed by atoms with van der Waals surface area (Å²) in [6.45, 7) is 8.49. The molecule has 1 atom stereocenters. The maximum atomic E-state index is 12.3. The van der Waals surface area contributed by atoms with E-state index in [-0.39, 0.29) is 5.91 Å². The highest BCUT2D eigenvalue weighted by molar-refractivity contribution is 6.03. The van der Waals surface area contributed by atoms with E-state index >= 15 is 0 Å². The van der Waals surface area contributed by atoms with Crippen LogP contribution in [0.15, 0.2) is 41.0 Å². The average Bonchev–Trinajstić information content (AvgIpc) is 2.84. The average molecular weight is 285 g/mol. The van der Waals surface area contributed by atoms with E-state index in [2.05, 4.69) is 32.2 Å². The summed E-state index contributed by atoms with van der Waals surface area (Å²) >= 11 is 0. The van der Waals surface area contributed by atoms with Crippen molar-refractivity contribution in [3.05, 3.63) is 53.5 Å². The molecule has 3 heteroatoms. The lowest BCUT2D eigenvalue weighted by Gasteiger charge is -2.18. The maximum absolute atomic E-state index is 12.3. The van der Waals surface area contributed by atoms with Crippen LogP contribution in [-0.4, -0.2) is 5.91 Å². The number of anilines is 1. The number of carbonyl (C=O) groups is 1. The number of benzene rings is 1.